The van der Waals surface area contributed by atoms with Gasteiger partial charge in [0.25, 0.3) is 5.91 Å². The number of nitrogens with zero attached hydrogens (tertiary/aromatic N) is 1. The van der Waals surface area contributed by atoms with E-state index >= 15 is 0 Å². The smallest absolute Gasteiger partial charge is 0.328 e. The van der Waals surface area contributed by atoms with E-state index in [2.05, 4.69) is 29.4 Å². The van der Waals surface area contributed by atoms with Crippen LogP contribution >= 0.6 is 0 Å². The molecule has 0 unspecified atom stereocenters. The predicted molar refractivity (Wildman–Crippen MR) is 149 cm³/mol. The number of pyridine rings is 1. The van der Waals surface area contributed by atoms with Gasteiger partial charge in [0.05, 0.1) is 7.11 Å². The molecule has 40 heavy (non-hydrogen) atoms. The number of para-hydroxylation sites is 1. The summed E-state index contributed by atoms with van der Waals surface area (Å²) in [6.45, 7) is 6.57. The number of methoxy groups -OCH3 is 1. The average molecular weight is 549 g/mol. The quantitative estimate of drug-likeness (QED) is 0.304. The number of aromatic nitrogens is 1. The second-order valence-corrected chi connectivity index (χ2v) is 9.38. The van der Waals surface area contributed by atoms with Gasteiger partial charge >= 0.3 is 11.9 Å². The summed E-state index contributed by atoms with van der Waals surface area (Å²) in [5.74, 6) is -1.27. The van der Waals surface area contributed by atoms with Crippen LogP contribution in [0.2, 0.25) is 0 Å². The van der Waals surface area contributed by atoms with Crippen LogP contribution in [0.1, 0.15) is 50.2 Å². The summed E-state index contributed by atoms with van der Waals surface area (Å²) in [7, 11) is 1.38. The highest BCUT2D eigenvalue weighted by molar-refractivity contribution is 5.98. The largest absolute Gasteiger partial charge is 0.493 e. The number of benzene rings is 2. The van der Waals surface area contributed by atoms with Gasteiger partial charge in [-0.05, 0) is 44.4 Å². The molecule has 0 aliphatic carbocycles. The summed E-state index contributed by atoms with van der Waals surface area (Å²) in [6.07, 6.45) is 1.79. The molecule has 0 saturated heterocycles. The van der Waals surface area contributed by atoms with Crippen molar-refractivity contribution in [2.75, 3.05) is 7.11 Å². The van der Waals surface area contributed by atoms with Crippen LogP contribution in [0.3, 0.4) is 0 Å². The minimum absolute atomic E-state index is 0.0441. The van der Waals surface area contributed by atoms with Gasteiger partial charge in [-0.15, -0.1) is 0 Å². The lowest BCUT2D eigenvalue weighted by molar-refractivity contribution is -0.156. The molecule has 0 spiro atoms. The van der Waals surface area contributed by atoms with Gasteiger partial charge in [-0.25, -0.2) is 9.78 Å². The van der Waals surface area contributed by atoms with Crippen molar-refractivity contribution in [3.8, 4) is 17.2 Å². The van der Waals surface area contributed by atoms with Crippen LogP contribution < -0.4 is 19.5 Å². The van der Waals surface area contributed by atoms with Crippen LogP contribution in [-0.2, 0) is 20.7 Å². The third kappa shape index (κ3) is 8.30. The molecular formula is C31H36N2O7. The highest BCUT2D eigenvalue weighted by Crippen LogP contribution is 2.30. The maximum atomic E-state index is 13.1. The van der Waals surface area contributed by atoms with E-state index in [1.54, 1.807) is 6.92 Å². The molecule has 2 aromatic carbocycles. The molecule has 9 nitrogen and oxygen atoms in total. The van der Waals surface area contributed by atoms with Gasteiger partial charge in [-0.1, -0.05) is 55.5 Å². The summed E-state index contributed by atoms with van der Waals surface area (Å²) in [5.41, 5.74) is 0.964. The van der Waals surface area contributed by atoms with Gasteiger partial charge < -0.3 is 24.3 Å². The SMILES string of the molecule is CC[C@@H](Cc1ccccc1)[C@H](Oc1ccccc1)[C@H](C)OC(=O)[C@H](C)NC(=O)c1nccc(OC)c1OC(C)=O. The van der Waals surface area contributed by atoms with E-state index in [4.69, 9.17) is 18.9 Å². The van der Waals surface area contributed by atoms with Gasteiger partial charge in [0.15, 0.2) is 11.4 Å². The third-order valence-electron chi connectivity index (χ3n) is 6.36. The number of amides is 1. The van der Waals surface area contributed by atoms with E-state index in [0.29, 0.717) is 5.75 Å². The molecule has 3 rings (SSSR count). The number of hydrogen-bond acceptors (Lipinski definition) is 8. The normalized spacial score (nSPS) is 13.7. The van der Waals surface area contributed by atoms with E-state index in [1.165, 1.54) is 33.2 Å². The molecular weight excluding hydrogens is 512 g/mol. The van der Waals surface area contributed by atoms with Crippen LogP contribution in [0.4, 0.5) is 0 Å². The molecule has 3 aromatic rings. The number of carbonyl (C=O) groups excluding carboxylic acids is 3. The number of ether oxygens (including phenoxy) is 4. The first kappa shape index (κ1) is 30.1. The zero-order valence-electron chi connectivity index (χ0n) is 23.5. The van der Waals surface area contributed by atoms with Crippen LogP contribution in [-0.4, -0.2) is 48.2 Å². The Kier molecular flexibility index (Phi) is 11.1. The second kappa shape index (κ2) is 14.7. The van der Waals surface area contributed by atoms with E-state index in [0.717, 1.165) is 18.4 Å². The number of carbonyl (C=O) groups is 3. The van der Waals surface area contributed by atoms with Crippen LogP contribution in [0.15, 0.2) is 72.9 Å². The van der Waals surface area contributed by atoms with Gasteiger partial charge in [0.1, 0.15) is 24.0 Å². The highest BCUT2D eigenvalue weighted by atomic mass is 16.6. The average Bonchev–Trinajstić information content (AvgIpc) is 2.95. The monoisotopic (exact) mass is 548 g/mol. The maximum absolute atomic E-state index is 13.1. The van der Waals surface area contributed by atoms with E-state index in [-0.39, 0.29) is 23.1 Å². The Morgan fingerprint density at radius 2 is 1.60 bits per heavy atom. The zero-order valence-corrected chi connectivity index (χ0v) is 23.5. The Balaban J connectivity index is 1.75. The topological polar surface area (TPSA) is 113 Å². The first-order valence-electron chi connectivity index (χ1n) is 13.2. The second-order valence-electron chi connectivity index (χ2n) is 9.38. The molecule has 0 bridgehead atoms. The summed E-state index contributed by atoms with van der Waals surface area (Å²) >= 11 is 0. The fourth-order valence-corrected chi connectivity index (χ4v) is 4.31. The molecule has 4 atom stereocenters. The maximum Gasteiger partial charge on any atom is 0.328 e. The Hall–Kier alpha value is -4.40. The van der Waals surface area contributed by atoms with Gasteiger partial charge in [-0.3, -0.25) is 9.59 Å². The first-order valence-corrected chi connectivity index (χ1v) is 13.2. The Morgan fingerprint density at radius 3 is 2.20 bits per heavy atom. The fraction of sp³-hybridized carbons (Fsp3) is 0.355. The minimum Gasteiger partial charge on any atom is -0.493 e. The van der Waals surface area contributed by atoms with Crippen LogP contribution in [0.5, 0.6) is 17.2 Å². The van der Waals surface area contributed by atoms with Crippen molar-refractivity contribution < 1.29 is 33.3 Å². The molecule has 212 valence electrons. The number of rotatable bonds is 13. The molecule has 1 heterocycles. The van der Waals surface area contributed by atoms with Crippen LogP contribution in [0, 0.1) is 5.92 Å². The van der Waals surface area contributed by atoms with Gasteiger partial charge in [0, 0.05) is 25.1 Å². The minimum atomic E-state index is -1.03. The number of hydrogen-bond donors (Lipinski definition) is 1. The van der Waals surface area contributed by atoms with Crippen LogP contribution in [0.25, 0.3) is 0 Å². The van der Waals surface area contributed by atoms with E-state index < -0.39 is 36.1 Å². The fourth-order valence-electron chi connectivity index (χ4n) is 4.31. The highest BCUT2D eigenvalue weighted by Gasteiger charge is 2.33. The Morgan fingerprint density at radius 1 is 0.950 bits per heavy atom. The molecule has 0 fully saturated rings. The van der Waals surface area contributed by atoms with Crippen molar-refractivity contribution in [1.29, 1.82) is 0 Å². The van der Waals surface area contributed by atoms with E-state index in [9.17, 15) is 14.4 Å². The summed E-state index contributed by atoms with van der Waals surface area (Å²) in [5, 5.41) is 2.57. The Labute approximate surface area is 234 Å². The van der Waals surface area contributed by atoms with Gasteiger partial charge in [-0.2, -0.15) is 0 Å². The third-order valence-corrected chi connectivity index (χ3v) is 6.36. The van der Waals surface area contributed by atoms with Crippen molar-refractivity contribution in [3.63, 3.8) is 0 Å². The van der Waals surface area contributed by atoms with E-state index in [1.807, 2.05) is 48.5 Å². The van der Waals surface area contributed by atoms with Crippen molar-refractivity contribution in [2.24, 2.45) is 5.92 Å². The first-order chi connectivity index (χ1) is 19.2. The summed E-state index contributed by atoms with van der Waals surface area (Å²) in [6, 6.07) is 19.9. The molecule has 0 radical (unpaired) electrons. The molecule has 0 saturated carbocycles. The standard InChI is InChI=1S/C31H36N2O7/c1-6-24(19-23-13-9-7-10-14-23)28(40-25-15-11-8-12-16-25)21(3)38-31(36)20(2)33-30(35)27-29(39-22(4)34)26(37-5)17-18-32-27/h7-18,20-21,24,28H,6,19H2,1-5H3,(H,33,35)/t20-,21-,24-,28+/m0/s1. The van der Waals surface area contributed by atoms with Crippen molar-refractivity contribution in [1.82, 2.24) is 10.3 Å². The lowest BCUT2D eigenvalue weighted by atomic mass is 9.89. The number of esters is 2. The van der Waals surface area contributed by atoms with Gasteiger partial charge in [0.2, 0.25) is 5.75 Å². The van der Waals surface area contributed by atoms with Crippen molar-refractivity contribution in [3.05, 3.63) is 84.2 Å². The lowest BCUT2D eigenvalue weighted by Crippen LogP contribution is -2.45. The number of nitrogens with one attached hydrogen (secondary N) is 1. The predicted octanol–water partition coefficient (Wildman–Crippen LogP) is 4.78. The Bertz CT molecular complexity index is 1270. The summed E-state index contributed by atoms with van der Waals surface area (Å²) in [4.78, 5) is 41.7. The molecule has 1 N–H and O–H groups in total. The molecule has 9 heteroatoms. The molecule has 1 amide bonds. The summed E-state index contributed by atoms with van der Waals surface area (Å²) < 4.78 is 22.5. The van der Waals surface area contributed by atoms with Crippen molar-refractivity contribution in [2.45, 2.75) is 58.8 Å². The molecule has 0 aliphatic heterocycles. The molecule has 1 aromatic heterocycles. The molecule has 0 aliphatic rings. The zero-order chi connectivity index (χ0) is 29.1. The lowest BCUT2D eigenvalue weighted by Gasteiger charge is -2.32. The van der Waals surface area contributed by atoms with Crippen molar-refractivity contribution >= 4 is 17.8 Å².